The number of likely N-dealkylation sites (tertiary alicyclic amines) is 1. The summed E-state index contributed by atoms with van der Waals surface area (Å²) in [6, 6.07) is 3.41. The third-order valence-corrected chi connectivity index (χ3v) is 4.56. The molecule has 0 saturated carbocycles. The molecule has 1 aromatic rings. The Morgan fingerprint density at radius 1 is 1.21 bits per heavy atom. The Morgan fingerprint density at radius 3 is 2.50 bits per heavy atom. The molecule has 0 bridgehead atoms. The van der Waals surface area contributed by atoms with Gasteiger partial charge in [0.25, 0.3) is 5.91 Å². The second-order valence-corrected chi connectivity index (χ2v) is 7.59. The minimum Gasteiger partial charge on any atom is -0.493 e. The van der Waals surface area contributed by atoms with Crippen LogP contribution in [-0.4, -0.2) is 49.7 Å². The van der Waals surface area contributed by atoms with E-state index in [1.54, 1.807) is 30.0 Å². The van der Waals surface area contributed by atoms with Crippen molar-refractivity contribution in [2.24, 2.45) is 5.92 Å². The lowest BCUT2D eigenvalue weighted by molar-refractivity contribution is -0.154. The van der Waals surface area contributed by atoms with Gasteiger partial charge in [0.1, 0.15) is 0 Å². The van der Waals surface area contributed by atoms with Crippen molar-refractivity contribution in [1.82, 2.24) is 4.90 Å². The number of ether oxygens (including phenoxy) is 3. The fraction of sp³-hybridized carbons (Fsp3) is 0.524. The third kappa shape index (κ3) is 6.16. The summed E-state index contributed by atoms with van der Waals surface area (Å²) in [6.45, 7) is 7.63. The first-order valence-electron chi connectivity index (χ1n) is 9.49. The normalized spacial score (nSPS) is 15.1. The molecule has 2 rings (SSSR count). The molecule has 0 N–H and O–H groups in total. The van der Waals surface area contributed by atoms with Crippen LogP contribution < -0.4 is 9.47 Å². The molecule has 0 unspecified atom stereocenters. The summed E-state index contributed by atoms with van der Waals surface area (Å²) in [5.74, 6) is 0.562. The highest BCUT2D eigenvalue weighted by atomic mass is 35.5. The molecule has 1 aromatic carbocycles. The van der Waals surface area contributed by atoms with Gasteiger partial charge in [-0.05, 0) is 49.5 Å². The van der Waals surface area contributed by atoms with Gasteiger partial charge in [-0.25, -0.2) is 4.79 Å². The number of benzene rings is 1. The summed E-state index contributed by atoms with van der Waals surface area (Å²) in [4.78, 5) is 26.0. The molecule has 154 valence electrons. The van der Waals surface area contributed by atoms with Crippen LogP contribution in [0.1, 0.15) is 39.2 Å². The first-order chi connectivity index (χ1) is 13.3. The summed E-state index contributed by atoms with van der Waals surface area (Å²) in [5.41, 5.74) is 0.661. The first-order valence-corrected chi connectivity index (χ1v) is 9.87. The molecule has 6 nitrogen and oxygen atoms in total. The number of carbonyl (C=O) groups excluding carboxylic acids is 2. The average molecular weight is 410 g/mol. The lowest BCUT2D eigenvalue weighted by Crippen LogP contribution is -2.37. The van der Waals surface area contributed by atoms with Crippen molar-refractivity contribution >= 4 is 29.6 Å². The summed E-state index contributed by atoms with van der Waals surface area (Å²) in [6.07, 6.45) is 4.02. The van der Waals surface area contributed by atoms with Gasteiger partial charge in [0.15, 0.2) is 17.6 Å². The predicted molar refractivity (Wildman–Crippen MR) is 109 cm³/mol. The molecule has 0 spiro atoms. The molecule has 1 aliphatic heterocycles. The molecule has 1 fully saturated rings. The van der Waals surface area contributed by atoms with Crippen molar-refractivity contribution in [3.05, 3.63) is 28.8 Å². The van der Waals surface area contributed by atoms with Crippen LogP contribution >= 0.6 is 11.6 Å². The monoisotopic (exact) mass is 409 g/mol. The summed E-state index contributed by atoms with van der Waals surface area (Å²) < 4.78 is 16.3. The van der Waals surface area contributed by atoms with Crippen molar-refractivity contribution in [3.8, 4) is 11.5 Å². The van der Waals surface area contributed by atoms with Crippen LogP contribution in [0.4, 0.5) is 0 Å². The molecule has 0 aliphatic carbocycles. The zero-order valence-electron chi connectivity index (χ0n) is 16.9. The Morgan fingerprint density at radius 2 is 1.89 bits per heavy atom. The summed E-state index contributed by atoms with van der Waals surface area (Å²) in [7, 11) is 1.53. The number of carbonyl (C=O) groups is 2. The van der Waals surface area contributed by atoms with E-state index in [-0.39, 0.29) is 5.91 Å². The molecule has 1 amide bonds. The minimum absolute atomic E-state index is 0.157. The largest absolute Gasteiger partial charge is 0.493 e. The van der Waals surface area contributed by atoms with E-state index in [2.05, 4.69) is 0 Å². The quantitative estimate of drug-likeness (QED) is 0.480. The number of hydrogen-bond acceptors (Lipinski definition) is 5. The SMILES string of the molecule is COc1cc(/C=C/C(=O)O[C@@H](C)C(=O)N2CCCC2)cc(Cl)c1OCC(C)C. The van der Waals surface area contributed by atoms with Crippen LogP contribution in [0.5, 0.6) is 11.5 Å². The molecular formula is C21H28ClNO5. The Kier molecular flexibility index (Phi) is 8.18. The standard InChI is InChI=1S/C21H28ClNO5/c1-14(2)13-27-20-17(22)11-16(12-18(20)26-4)7-8-19(24)28-15(3)21(25)23-9-5-6-10-23/h7-8,11-12,14-15H,5-6,9-10,13H2,1-4H3/b8-7+/t15-/m0/s1. The van der Waals surface area contributed by atoms with Crippen LogP contribution in [-0.2, 0) is 14.3 Å². The van der Waals surface area contributed by atoms with E-state index in [0.29, 0.717) is 34.6 Å². The van der Waals surface area contributed by atoms with E-state index in [1.165, 1.54) is 13.2 Å². The topological polar surface area (TPSA) is 65.1 Å². The van der Waals surface area contributed by atoms with Crippen LogP contribution in [0.3, 0.4) is 0 Å². The smallest absolute Gasteiger partial charge is 0.331 e. The highest BCUT2D eigenvalue weighted by Crippen LogP contribution is 2.37. The molecule has 1 aliphatic rings. The van der Waals surface area contributed by atoms with E-state index in [9.17, 15) is 9.59 Å². The first kappa shape index (κ1) is 22.1. The molecule has 0 aromatic heterocycles. The molecule has 1 heterocycles. The summed E-state index contributed by atoms with van der Waals surface area (Å²) >= 11 is 6.31. The second kappa shape index (κ2) is 10.4. The molecule has 28 heavy (non-hydrogen) atoms. The van der Waals surface area contributed by atoms with Crippen molar-refractivity contribution < 1.29 is 23.8 Å². The van der Waals surface area contributed by atoms with Gasteiger partial charge < -0.3 is 19.1 Å². The number of hydrogen-bond donors (Lipinski definition) is 0. The van der Waals surface area contributed by atoms with Gasteiger partial charge in [0.05, 0.1) is 18.7 Å². The molecule has 0 radical (unpaired) electrons. The Labute approximate surface area is 171 Å². The maximum atomic E-state index is 12.2. The zero-order chi connectivity index (χ0) is 20.7. The third-order valence-electron chi connectivity index (χ3n) is 4.28. The van der Waals surface area contributed by atoms with Gasteiger partial charge in [0.2, 0.25) is 0 Å². The van der Waals surface area contributed by atoms with Crippen LogP contribution in [0, 0.1) is 5.92 Å². The van der Waals surface area contributed by atoms with Crippen molar-refractivity contribution in [2.45, 2.75) is 39.7 Å². The predicted octanol–water partition coefficient (Wildman–Crippen LogP) is 3.95. The van der Waals surface area contributed by atoms with E-state index in [4.69, 9.17) is 25.8 Å². The van der Waals surface area contributed by atoms with Gasteiger partial charge in [-0.1, -0.05) is 25.4 Å². The Hall–Kier alpha value is -2.21. The van der Waals surface area contributed by atoms with Crippen molar-refractivity contribution in [3.63, 3.8) is 0 Å². The van der Waals surface area contributed by atoms with Gasteiger partial charge in [-0.3, -0.25) is 4.79 Å². The second-order valence-electron chi connectivity index (χ2n) is 7.18. The van der Waals surface area contributed by atoms with E-state index in [0.717, 1.165) is 25.9 Å². The molecule has 7 heteroatoms. The van der Waals surface area contributed by atoms with Gasteiger partial charge >= 0.3 is 5.97 Å². The van der Waals surface area contributed by atoms with E-state index < -0.39 is 12.1 Å². The highest BCUT2D eigenvalue weighted by molar-refractivity contribution is 6.32. The molecular weight excluding hydrogens is 382 g/mol. The number of nitrogens with zero attached hydrogens (tertiary/aromatic N) is 1. The number of rotatable bonds is 8. The number of methoxy groups -OCH3 is 1. The highest BCUT2D eigenvalue weighted by Gasteiger charge is 2.25. The van der Waals surface area contributed by atoms with Gasteiger partial charge in [0, 0.05) is 19.2 Å². The van der Waals surface area contributed by atoms with Crippen LogP contribution in [0.25, 0.3) is 6.08 Å². The number of amides is 1. The fourth-order valence-corrected chi connectivity index (χ4v) is 3.12. The Balaban J connectivity index is 2.01. The lowest BCUT2D eigenvalue weighted by atomic mass is 10.2. The number of esters is 1. The Bertz CT molecular complexity index is 726. The van der Waals surface area contributed by atoms with Crippen LogP contribution in [0.2, 0.25) is 5.02 Å². The molecule has 1 saturated heterocycles. The molecule has 1 atom stereocenters. The lowest BCUT2D eigenvalue weighted by Gasteiger charge is -2.19. The van der Waals surface area contributed by atoms with E-state index >= 15 is 0 Å². The maximum absolute atomic E-state index is 12.2. The van der Waals surface area contributed by atoms with Gasteiger partial charge in [-0.15, -0.1) is 0 Å². The van der Waals surface area contributed by atoms with Crippen molar-refractivity contribution in [1.29, 1.82) is 0 Å². The van der Waals surface area contributed by atoms with Crippen molar-refractivity contribution in [2.75, 3.05) is 26.8 Å². The van der Waals surface area contributed by atoms with E-state index in [1.807, 2.05) is 13.8 Å². The number of halogens is 1. The summed E-state index contributed by atoms with van der Waals surface area (Å²) in [5, 5.41) is 0.394. The van der Waals surface area contributed by atoms with Gasteiger partial charge in [-0.2, -0.15) is 0 Å². The average Bonchev–Trinajstić information content (AvgIpc) is 3.18. The zero-order valence-corrected chi connectivity index (χ0v) is 17.6. The van der Waals surface area contributed by atoms with Crippen LogP contribution in [0.15, 0.2) is 18.2 Å². The fourth-order valence-electron chi connectivity index (χ4n) is 2.85. The maximum Gasteiger partial charge on any atom is 0.331 e. The minimum atomic E-state index is -0.805.